The van der Waals surface area contributed by atoms with Gasteiger partial charge in [-0.05, 0) is 36.7 Å². The summed E-state index contributed by atoms with van der Waals surface area (Å²) in [7, 11) is 1.80. The maximum Gasteiger partial charge on any atom is 0.138 e. The number of benzene rings is 1. The average Bonchev–Trinajstić information content (AvgIpc) is 2.97. The van der Waals surface area contributed by atoms with Gasteiger partial charge in [0.05, 0.1) is 24.0 Å². The molecule has 2 heterocycles. The topological polar surface area (TPSA) is 54.1 Å². The van der Waals surface area contributed by atoms with Gasteiger partial charge in [0.15, 0.2) is 0 Å². The zero-order valence-electron chi connectivity index (χ0n) is 13.7. The Morgan fingerprint density at radius 2 is 2.26 bits per heavy atom. The highest BCUT2D eigenvalue weighted by Gasteiger charge is 2.28. The number of aliphatic imine (C=N–C) groups is 1. The molecule has 5 heteroatoms. The van der Waals surface area contributed by atoms with E-state index in [1.165, 1.54) is 5.56 Å². The van der Waals surface area contributed by atoms with Gasteiger partial charge in [0.2, 0.25) is 0 Å². The van der Waals surface area contributed by atoms with Crippen LogP contribution in [-0.4, -0.2) is 42.4 Å². The lowest BCUT2D eigenvalue weighted by atomic mass is 10.0. The van der Waals surface area contributed by atoms with Gasteiger partial charge in [0.25, 0.3) is 0 Å². The predicted molar refractivity (Wildman–Crippen MR) is 93.3 cm³/mol. The van der Waals surface area contributed by atoms with Crippen molar-refractivity contribution < 1.29 is 4.74 Å². The van der Waals surface area contributed by atoms with E-state index in [0.29, 0.717) is 12.4 Å². The molecule has 0 radical (unpaired) electrons. The van der Waals surface area contributed by atoms with Crippen LogP contribution in [0.15, 0.2) is 48.4 Å². The Morgan fingerprint density at radius 1 is 1.43 bits per heavy atom. The van der Waals surface area contributed by atoms with Crippen LogP contribution in [0.2, 0.25) is 0 Å². The highest BCUT2D eigenvalue weighted by Crippen LogP contribution is 2.36. The largest absolute Gasteiger partial charge is 0.491 e. The number of nitrogens with zero attached hydrogens (tertiary/aromatic N) is 3. The van der Waals surface area contributed by atoms with Gasteiger partial charge in [-0.15, -0.1) is 0 Å². The molecule has 1 unspecified atom stereocenters. The van der Waals surface area contributed by atoms with E-state index in [2.05, 4.69) is 41.2 Å². The third-order valence-electron chi connectivity index (χ3n) is 4.55. The molecule has 3 rings (SSSR count). The highest BCUT2D eigenvalue weighted by atomic mass is 16.5. The first-order valence-corrected chi connectivity index (χ1v) is 8.00. The fourth-order valence-electron chi connectivity index (χ4n) is 3.45. The summed E-state index contributed by atoms with van der Waals surface area (Å²) in [4.78, 5) is 8.61. The molecule has 1 fully saturated rings. The number of hydrogen-bond acceptors (Lipinski definition) is 4. The molecule has 23 heavy (non-hydrogen) atoms. The summed E-state index contributed by atoms with van der Waals surface area (Å²) >= 11 is 0. The van der Waals surface area contributed by atoms with Gasteiger partial charge < -0.3 is 20.3 Å². The highest BCUT2D eigenvalue weighted by molar-refractivity contribution is 6.02. The van der Waals surface area contributed by atoms with Crippen molar-refractivity contribution >= 4 is 5.84 Å². The minimum absolute atomic E-state index is 0.280. The summed E-state index contributed by atoms with van der Waals surface area (Å²) in [5.74, 6) is 2.41. The number of rotatable bonds is 3. The third kappa shape index (κ3) is 2.79. The van der Waals surface area contributed by atoms with Crippen molar-refractivity contribution in [1.82, 2.24) is 9.80 Å². The van der Waals surface area contributed by atoms with E-state index in [-0.39, 0.29) is 6.04 Å². The van der Waals surface area contributed by atoms with Gasteiger partial charge in [-0.2, -0.15) is 0 Å². The number of amidine groups is 1. The van der Waals surface area contributed by atoms with Crippen molar-refractivity contribution in [2.45, 2.75) is 18.9 Å². The molecule has 0 aliphatic carbocycles. The van der Waals surface area contributed by atoms with E-state index >= 15 is 0 Å². The van der Waals surface area contributed by atoms with Crippen LogP contribution in [0, 0.1) is 0 Å². The Kier molecular flexibility index (Phi) is 4.28. The summed E-state index contributed by atoms with van der Waals surface area (Å²) in [6, 6.07) is 6.64. The molecular weight excluding hydrogens is 288 g/mol. The number of nitrogens with two attached hydrogens (primary N) is 1. The van der Waals surface area contributed by atoms with Crippen LogP contribution >= 0.6 is 0 Å². The van der Waals surface area contributed by atoms with Gasteiger partial charge in [-0.3, -0.25) is 4.99 Å². The van der Waals surface area contributed by atoms with Crippen LogP contribution in [0.3, 0.4) is 0 Å². The minimum Gasteiger partial charge on any atom is -0.491 e. The van der Waals surface area contributed by atoms with E-state index in [1.54, 1.807) is 13.2 Å². The normalized spacial score (nSPS) is 22.5. The second-order valence-corrected chi connectivity index (χ2v) is 5.87. The SMILES string of the molecule is C=CN1CCOc2cc(C3CCCN3C(=C)N)ccc2C1=NC. The van der Waals surface area contributed by atoms with Gasteiger partial charge in [0, 0.05) is 13.6 Å². The molecule has 1 atom stereocenters. The molecule has 0 spiro atoms. The second kappa shape index (κ2) is 6.36. The number of ether oxygens (including phenoxy) is 1. The standard InChI is InChI=1S/C18H24N4O/c1-4-21-10-11-23-17-12-14(7-8-15(17)18(21)20-3)16-6-5-9-22(16)13(2)19/h4,7-8,12,16H,1-2,5-6,9-11,19H2,3H3. The quantitative estimate of drug-likeness (QED) is 0.931. The first-order valence-electron chi connectivity index (χ1n) is 8.00. The van der Waals surface area contributed by atoms with Crippen LogP contribution in [0.5, 0.6) is 5.75 Å². The van der Waals surface area contributed by atoms with E-state index in [4.69, 9.17) is 10.5 Å². The fourth-order valence-corrected chi connectivity index (χ4v) is 3.45. The van der Waals surface area contributed by atoms with Crippen LogP contribution in [0.1, 0.15) is 30.0 Å². The maximum absolute atomic E-state index is 5.97. The molecule has 0 bridgehead atoms. The fraction of sp³-hybridized carbons (Fsp3) is 0.389. The first-order chi connectivity index (χ1) is 11.2. The van der Waals surface area contributed by atoms with Crippen molar-refractivity contribution in [3.8, 4) is 5.75 Å². The molecule has 1 saturated heterocycles. The van der Waals surface area contributed by atoms with Crippen molar-refractivity contribution in [2.24, 2.45) is 10.7 Å². The maximum atomic E-state index is 5.97. The summed E-state index contributed by atoms with van der Waals surface area (Å²) < 4.78 is 5.97. The molecular formula is C18H24N4O. The number of fused-ring (bicyclic) bond motifs is 1. The Balaban J connectivity index is 1.98. The Labute approximate surface area is 137 Å². The molecule has 5 nitrogen and oxygen atoms in total. The van der Waals surface area contributed by atoms with Crippen LogP contribution in [0.25, 0.3) is 0 Å². The van der Waals surface area contributed by atoms with Gasteiger partial charge in [0.1, 0.15) is 18.2 Å². The van der Waals surface area contributed by atoms with Crippen LogP contribution in [-0.2, 0) is 0 Å². The van der Waals surface area contributed by atoms with Gasteiger partial charge in [-0.25, -0.2) is 0 Å². The zero-order valence-corrected chi connectivity index (χ0v) is 13.7. The van der Waals surface area contributed by atoms with E-state index in [0.717, 1.165) is 43.1 Å². The molecule has 0 aromatic heterocycles. The molecule has 0 saturated carbocycles. The van der Waals surface area contributed by atoms with Crippen molar-refractivity contribution in [3.63, 3.8) is 0 Å². The average molecular weight is 312 g/mol. The first kappa shape index (κ1) is 15.5. The smallest absolute Gasteiger partial charge is 0.138 e. The Hall–Kier alpha value is -2.43. The lowest BCUT2D eigenvalue weighted by Crippen LogP contribution is -2.27. The van der Waals surface area contributed by atoms with Gasteiger partial charge in [-0.1, -0.05) is 19.2 Å². The molecule has 1 aromatic carbocycles. The van der Waals surface area contributed by atoms with Gasteiger partial charge >= 0.3 is 0 Å². The Bertz CT molecular complexity index is 652. The molecule has 0 amide bonds. The Morgan fingerprint density at radius 3 is 2.96 bits per heavy atom. The zero-order chi connectivity index (χ0) is 16.4. The predicted octanol–water partition coefficient (Wildman–Crippen LogP) is 2.47. The summed E-state index contributed by atoms with van der Waals surface area (Å²) in [5, 5.41) is 0. The molecule has 2 aliphatic rings. The molecule has 122 valence electrons. The van der Waals surface area contributed by atoms with E-state index in [9.17, 15) is 0 Å². The van der Waals surface area contributed by atoms with E-state index < -0.39 is 0 Å². The lowest BCUT2D eigenvalue weighted by molar-refractivity contribution is 0.298. The number of hydrogen-bond donors (Lipinski definition) is 1. The number of likely N-dealkylation sites (tertiary alicyclic amines) is 1. The molecule has 2 N–H and O–H groups in total. The molecule has 2 aliphatic heterocycles. The summed E-state index contributed by atoms with van der Waals surface area (Å²) in [6.45, 7) is 10.1. The van der Waals surface area contributed by atoms with Crippen molar-refractivity contribution in [1.29, 1.82) is 0 Å². The summed E-state index contributed by atoms with van der Waals surface area (Å²) in [6.07, 6.45) is 4.01. The molecule has 1 aromatic rings. The van der Waals surface area contributed by atoms with E-state index in [1.807, 2.05) is 4.90 Å². The monoisotopic (exact) mass is 312 g/mol. The lowest BCUT2D eigenvalue weighted by Gasteiger charge is -2.27. The van der Waals surface area contributed by atoms with Crippen LogP contribution in [0.4, 0.5) is 0 Å². The third-order valence-corrected chi connectivity index (χ3v) is 4.55. The summed E-state index contributed by atoms with van der Waals surface area (Å²) in [5.41, 5.74) is 8.15. The van der Waals surface area contributed by atoms with Crippen LogP contribution < -0.4 is 10.5 Å². The van der Waals surface area contributed by atoms with Crippen molar-refractivity contribution in [3.05, 3.63) is 54.5 Å². The minimum atomic E-state index is 0.280. The van der Waals surface area contributed by atoms with Crippen molar-refractivity contribution in [2.75, 3.05) is 26.7 Å². The second-order valence-electron chi connectivity index (χ2n) is 5.87.